The molecule has 0 aliphatic carbocycles. The van der Waals surface area contributed by atoms with Crippen LogP contribution < -0.4 is 10.6 Å². The molecule has 0 aromatic heterocycles. The molecular weight excluding hydrogens is 463 g/mol. The second kappa shape index (κ2) is 10.4. The number of rotatable bonds is 6. The number of carbonyl (C=O) groups excluding carboxylic acids is 2. The SMILES string of the molecule is O=C(CN1CCN(S(=O)(=O)c2c(Cl)cccc2Cl)CC1)NC(=O)NCc1ccccc1. The Morgan fingerprint density at radius 2 is 1.52 bits per heavy atom. The van der Waals surface area contributed by atoms with Crippen molar-refractivity contribution in [3.05, 3.63) is 64.1 Å². The van der Waals surface area contributed by atoms with Gasteiger partial charge in [-0.15, -0.1) is 0 Å². The van der Waals surface area contributed by atoms with E-state index in [-0.39, 0.29) is 34.6 Å². The molecule has 0 spiro atoms. The minimum Gasteiger partial charge on any atom is -0.334 e. The molecule has 8 nitrogen and oxygen atoms in total. The van der Waals surface area contributed by atoms with Crippen molar-refractivity contribution in [3.63, 3.8) is 0 Å². The number of nitrogens with zero attached hydrogens (tertiary/aromatic N) is 2. The van der Waals surface area contributed by atoms with Crippen LogP contribution in [0.5, 0.6) is 0 Å². The van der Waals surface area contributed by atoms with Crippen molar-refractivity contribution in [2.45, 2.75) is 11.4 Å². The first-order valence-electron chi connectivity index (χ1n) is 9.55. The Morgan fingerprint density at radius 1 is 0.903 bits per heavy atom. The van der Waals surface area contributed by atoms with Crippen LogP contribution in [0.15, 0.2) is 53.4 Å². The summed E-state index contributed by atoms with van der Waals surface area (Å²) in [7, 11) is -3.85. The first kappa shape index (κ1) is 23.5. The standard InChI is InChI=1S/C20H22Cl2N4O4S/c21-16-7-4-8-17(22)19(16)31(29,30)26-11-9-25(10-12-26)14-18(27)24-20(28)23-13-15-5-2-1-3-6-15/h1-8H,9-14H2,(H2,23,24,27,28). The summed E-state index contributed by atoms with van der Waals surface area (Å²) in [6.07, 6.45) is 0. The molecule has 3 rings (SSSR count). The van der Waals surface area contributed by atoms with Crippen LogP contribution in [0.1, 0.15) is 5.56 Å². The van der Waals surface area contributed by atoms with Crippen LogP contribution in [0.25, 0.3) is 0 Å². The maximum Gasteiger partial charge on any atom is 0.321 e. The quantitative estimate of drug-likeness (QED) is 0.655. The van der Waals surface area contributed by atoms with Gasteiger partial charge < -0.3 is 5.32 Å². The molecular formula is C20H22Cl2N4O4S. The predicted molar refractivity (Wildman–Crippen MR) is 118 cm³/mol. The molecule has 0 unspecified atom stereocenters. The smallest absolute Gasteiger partial charge is 0.321 e. The van der Waals surface area contributed by atoms with Gasteiger partial charge in [-0.05, 0) is 17.7 Å². The van der Waals surface area contributed by atoms with Gasteiger partial charge in [0.2, 0.25) is 15.9 Å². The highest BCUT2D eigenvalue weighted by atomic mass is 35.5. The molecule has 0 atom stereocenters. The van der Waals surface area contributed by atoms with E-state index in [2.05, 4.69) is 10.6 Å². The van der Waals surface area contributed by atoms with Crippen LogP contribution in [0, 0.1) is 0 Å². The Bertz CT molecular complexity index is 1020. The minimum atomic E-state index is -3.85. The molecule has 2 aromatic rings. The fraction of sp³-hybridized carbons (Fsp3) is 0.300. The van der Waals surface area contributed by atoms with Crippen molar-refractivity contribution in [2.24, 2.45) is 0 Å². The van der Waals surface area contributed by atoms with Crippen LogP contribution in [0.3, 0.4) is 0 Å². The zero-order valence-corrected chi connectivity index (χ0v) is 18.9. The zero-order chi connectivity index (χ0) is 22.4. The van der Waals surface area contributed by atoms with Crippen LogP contribution in [-0.2, 0) is 21.4 Å². The summed E-state index contributed by atoms with van der Waals surface area (Å²) in [6.45, 7) is 1.32. The largest absolute Gasteiger partial charge is 0.334 e. The molecule has 0 radical (unpaired) electrons. The predicted octanol–water partition coefficient (Wildman–Crippen LogP) is 2.33. The highest BCUT2D eigenvalue weighted by Crippen LogP contribution is 2.31. The van der Waals surface area contributed by atoms with Gasteiger partial charge in [-0.25, -0.2) is 13.2 Å². The Balaban J connectivity index is 1.47. The number of amides is 3. The minimum absolute atomic E-state index is 0.0144. The van der Waals surface area contributed by atoms with E-state index in [1.54, 1.807) is 11.0 Å². The van der Waals surface area contributed by atoms with Gasteiger partial charge in [0.05, 0.1) is 16.6 Å². The van der Waals surface area contributed by atoms with Crippen LogP contribution in [-0.4, -0.2) is 62.3 Å². The third-order valence-corrected chi connectivity index (χ3v) is 7.62. The fourth-order valence-electron chi connectivity index (χ4n) is 3.18. The Hall–Kier alpha value is -2.17. The number of imide groups is 1. The molecule has 1 aliphatic rings. The maximum absolute atomic E-state index is 12.9. The number of benzene rings is 2. The van der Waals surface area contributed by atoms with Crippen molar-refractivity contribution in [1.82, 2.24) is 19.8 Å². The van der Waals surface area contributed by atoms with E-state index < -0.39 is 22.0 Å². The number of piperazine rings is 1. The fourth-order valence-corrected chi connectivity index (χ4v) is 5.69. The Morgan fingerprint density at radius 3 is 2.13 bits per heavy atom. The second-order valence-corrected chi connectivity index (χ2v) is 9.64. The number of sulfonamides is 1. The van der Waals surface area contributed by atoms with Gasteiger partial charge in [0, 0.05) is 32.7 Å². The van der Waals surface area contributed by atoms with E-state index >= 15 is 0 Å². The van der Waals surface area contributed by atoms with Crippen molar-refractivity contribution in [1.29, 1.82) is 0 Å². The summed E-state index contributed by atoms with van der Waals surface area (Å²) in [5.41, 5.74) is 0.918. The summed E-state index contributed by atoms with van der Waals surface area (Å²) in [5, 5.41) is 5.03. The summed E-state index contributed by atoms with van der Waals surface area (Å²) in [4.78, 5) is 25.7. The molecule has 1 heterocycles. The van der Waals surface area contributed by atoms with Gasteiger partial charge in [-0.1, -0.05) is 59.6 Å². The molecule has 31 heavy (non-hydrogen) atoms. The summed E-state index contributed by atoms with van der Waals surface area (Å²) in [5.74, 6) is -0.462. The molecule has 0 saturated carbocycles. The number of urea groups is 1. The van der Waals surface area contributed by atoms with Gasteiger partial charge in [-0.3, -0.25) is 15.0 Å². The van der Waals surface area contributed by atoms with E-state index in [1.807, 2.05) is 30.3 Å². The first-order chi connectivity index (χ1) is 14.8. The van der Waals surface area contributed by atoms with E-state index in [9.17, 15) is 18.0 Å². The van der Waals surface area contributed by atoms with E-state index in [0.717, 1.165) is 5.56 Å². The number of carbonyl (C=O) groups is 2. The zero-order valence-electron chi connectivity index (χ0n) is 16.6. The van der Waals surface area contributed by atoms with Crippen molar-refractivity contribution in [3.8, 4) is 0 Å². The van der Waals surface area contributed by atoms with Gasteiger partial charge >= 0.3 is 6.03 Å². The Kier molecular flexibility index (Phi) is 7.90. The monoisotopic (exact) mass is 484 g/mol. The second-order valence-electron chi connectivity index (χ2n) is 6.95. The van der Waals surface area contributed by atoms with Crippen molar-refractivity contribution < 1.29 is 18.0 Å². The van der Waals surface area contributed by atoms with E-state index in [0.29, 0.717) is 19.6 Å². The third kappa shape index (κ3) is 6.18. The lowest BCUT2D eigenvalue weighted by atomic mass is 10.2. The first-order valence-corrected chi connectivity index (χ1v) is 11.7. The topological polar surface area (TPSA) is 98.8 Å². The molecule has 1 saturated heterocycles. The van der Waals surface area contributed by atoms with Crippen LogP contribution in [0.2, 0.25) is 10.0 Å². The highest BCUT2D eigenvalue weighted by molar-refractivity contribution is 7.89. The number of nitrogens with one attached hydrogen (secondary N) is 2. The molecule has 2 N–H and O–H groups in total. The molecule has 1 aliphatic heterocycles. The lowest BCUT2D eigenvalue weighted by molar-refractivity contribution is -0.121. The molecule has 166 valence electrons. The molecule has 1 fully saturated rings. The average Bonchev–Trinajstić information content (AvgIpc) is 2.73. The average molecular weight is 485 g/mol. The van der Waals surface area contributed by atoms with Gasteiger partial charge in [-0.2, -0.15) is 4.31 Å². The summed E-state index contributed by atoms with van der Waals surface area (Å²) < 4.78 is 27.1. The number of hydrogen-bond donors (Lipinski definition) is 2. The molecule has 3 amide bonds. The maximum atomic E-state index is 12.9. The van der Waals surface area contributed by atoms with Gasteiger partial charge in [0.15, 0.2) is 0 Å². The van der Waals surface area contributed by atoms with Crippen LogP contribution >= 0.6 is 23.2 Å². The molecule has 0 bridgehead atoms. The lowest BCUT2D eigenvalue weighted by Crippen LogP contribution is -2.52. The van der Waals surface area contributed by atoms with E-state index in [1.165, 1.54) is 16.4 Å². The summed E-state index contributed by atoms with van der Waals surface area (Å²) in [6, 6.07) is 13.3. The normalized spacial score (nSPS) is 15.4. The number of halogens is 2. The van der Waals surface area contributed by atoms with Gasteiger partial charge in [0.25, 0.3) is 0 Å². The van der Waals surface area contributed by atoms with E-state index in [4.69, 9.17) is 23.2 Å². The van der Waals surface area contributed by atoms with Crippen molar-refractivity contribution >= 4 is 45.2 Å². The summed E-state index contributed by atoms with van der Waals surface area (Å²) >= 11 is 12.1. The van der Waals surface area contributed by atoms with Crippen molar-refractivity contribution in [2.75, 3.05) is 32.7 Å². The molecule has 2 aromatic carbocycles. The third-order valence-electron chi connectivity index (χ3n) is 4.76. The number of hydrogen-bond acceptors (Lipinski definition) is 5. The van der Waals surface area contributed by atoms with Gasteiger partial charge in [0.1, 0.15) is 4.90 Å². The lowest BCUT2D eigenvalue weighted by Gasteiger charge is -2.33. The molecule has 11 heteroatoms. The highest BCUT2D eigenvalue weighted by Gasteiger charge is 2.32. The van der Waals surface area contributed by atoms with Crippen LogP contribution in [0.4, 0.5) is 4.79 Å². The Labute approximate surface area is 191 Å².